The van der Waals surface area contributed by atoms with E-state index in [0.717, 1.165) is 30.9 Å². The van der Waals surface area contributed by atoms with Gasteiger partial charge in [-0.25, -0.2) is 0 Å². The summed E-state index contributed by atoms with van der Waals surface area (Å²) in [5.41, 5.74) is 6.40. The quantitative estimate of drug-likeness (QED) is 0.848. The van der Waals surface area contributed by atoms with Gasteiger partial charge in [0, 0.05) is 19.1 Å². The lowest BCUT2D eigenvalue weighted by Gasteiger charge is -2.16. The van der Waals surface area contributed by atoms with Gasteiger partial charge in [-0.2, -0.15) is 4.37 Å². The molecule has 2 fully saturated rings. The minimum Gasteiger partial charge on any atom is -0.382 e. The molecule has 1 aliphatic carbocycles. The normalized spacial score (nSPS) is 19.6. The molecule has 2 aliphatic rings. The number of nitrogens with two attached hydrogens (primary N) is 1. The van der Waals surface area contributed by atoms with Crippen LogP contribution < -0.4 is 16.0 Å². The van der Waals surface area contributed by atoms with Crippen LogP contribution in [0.4, 0.5) is 10.8 Å². The summed E-state index contributed by atoms with van der Waals surface area (Å²) >= 11 is 1.34. The topological polar surface area (TPSA) is 71.2 Å². The van der Waals surface area contributed by atoms with Gasteiger partial charge in [0.2, 0.25) is 0 Å². The van der Waals surface area contributed by atoms with E-state index in [1.54, 1.807) is 0 Å². The molecule has 1 aromatic rings. The van der Waals surface area contributed by atoms with Crippen LogP contribution in [0.1, 0.15) is 36.0 Å². The number of nitrogens with zero attached hydrogens (tertiary/aromatic N) is 2. The van der Waals surface area contributed by atoms with E-state index in [4.69, 9.17) is 5.73 Å². The van der Waals surface area contributed by atoms with Crippen molar-refractivity contribution in [2.75, 3.05) is 23.7 Å². The number of hydrogen-bond donors (Lipinski definition) is 2. The Bertz CT molecular complexity index is 435. The van der Waals surface area contributed by atoms with Gasteiger partial charge < -0.3 is 16.0 Å². The Balaban J connectivity index is 1.85. The minimum atomic E-state index is -0.0550. The molecular formula is C11H16N4OS. The Morgan fingerprint density at radius 2 is 2.12 bits per heavy atom. The number of nitrogens with one attached hydrogen (secondary N) is 1. The zero-order chi connectivity index (χ0) is 11.8. The van der Waals surface area contributed by atoms with Gasteiger partial charge in [0.1, 0.15) is 10.6 Å². The van der Waals surface area contributed by atoms with E-state index in [1.807, 2.05) is 0 Å². The van der Waals surface area contributed by atoms with Gasteiger partial charge in [-0.1, -0.05) is 0 Å². The van der Waals surface area contributed by atoms with Crippen molar-refractivity contribution in [2.45, 2.75) is 31.7 Å². The van der Waals surface area contributed by atoms with Gasteiger partial charge in [0.25, 0.3) is 5.91 Å². The predicted molar refractivity (Wildman–Crippen MR) is 68.5 cm³/mol. The molecule has 0 atom stereocenters. The molecule has 3 rings (SSSR count). The third-order valence-corrected chi connectivity index (χ3v) is 4.16. The highest BCUT2D eigenvalue weighted by Crippen LogP contribution is 2.33. The standard InChI is InChI=1S/C11H16N4OS/c12-9-8(10(16)13-7-3-4-7)11(17-14-9)15-5-1-2-6-15/h7H,1-6H2,(H2,12,14)(H,13,16). The van der Waals surface area contributed by atoms with Crippen molar-refractivity contribution in [3.05, 3.63) is 5.56 Å². The van der Waals surface area contributed by atoms with Crippen LogP contribution in [0.15, 0.2) is 0 Å². The van der Waals surface area contributed by atoms with Crippen LogP contribution in [0.2, 0.25) is 0 Å². The Kier molecular flexibility index (Phi) is 2.66. The summed E-state index contributed by atoms with van der Waals surface area (Å²) in [4.78, 5) is 14.3. The van der Waals surface area contributed by atoms with Crippen LogP contribution in [0, 0.1) is 0 Å². The molecule has 1 saturated carbocycles. The summed E-state index contributed by atoms with van der Waals surface area (Å²) in [6.07, 6.45) is 4.54. The smallest absolute Gasteiger partial charge is 0.258 e. The number of rotatable bonds is 3. The van der Waals surface area contributed by atoms with Crippen molar-refractivity contribution in [1.82, 2.24) is 9.69 Å². The molecule has 2 heterocycles. The van der Waals surface area contributed by atoms with Crippen LogP contribution in [0.25, 0.3) is 0 Å². The lowest BCUT2D eigenvalue weighted by molar-refractivity contribution is 0.0952. The lowest BCUT2D eigenvalue weighted by atomic mass is 10.2. The molecule has 92 valence electrons. The van der Waals surface area contributed by atoms with Crippen LogP contribution in [-0.2, 0) is 0 Å². The van der Waals surface area contributed by atoms with Gasteiger partial charge in [0.05, 0.1) is 0 Å². The summed E-state index contributed by atoms with van der Waals surface area (Å²) < 4.78 is 4.13. The van der Waals surface area contributed by atoms with Gasteiger partial charge in [0.15, 0.2) is 5.82 Å². The van der Waals surface area contributed by atoms with E-state index in [-0.39, 0.29) is 5.91 Å². The summed E-state index contributed by atoms with van der Waals surface area (Å²) in [6.45, 7) is 2.01. The van der Waals surface area contributed by atoms with Crippen molar-refractivity contribution in [2.24, 2.45) is 0 Å². The third kappa shape index (κ3) is 2.09. The van der Waals surface area contributed by atoms with Crippen LogP contribution >= 0.6 is 11.5 Å². The monoisotopic (exact) mass is 252 g/mol. The minimum absolute atomic E-state index is 0.0550. The van der Waals surface area contributed by atoms with Gasteiger partial charge in [-0.15, -0.1) is 0 Å². The van der Waals surface area contributed by atoms with Gasteiger partial charge in [-0.3, -0.25) is 4.79 Å². The van der Waals surface area contributed by atoms with Gasteiger partial charge >= 0.3 is 0 Å². The Labute approximate surface area is 104 Å². The fraction of sp³-hybridized carbons (Fsp3) is 0.636. The maximum atomic E-state index is 12.1. The number of carbonyl (C=O) groups is 1. The number of hydrogen-bond acceptors (Lipinski definition) is 5. The highest BCUT2D eigenvalue weighted by atomic mass is 32.1. The molecule has 1 amide bonds. The third-order valence-electron chi connectivity index (χ3n) is 3.23. The van der Waals surface area contributed by atoms with E-state index in [1.165, 1.54) is 24.4 Å². The summed E-state index contributed by atoms with van der Waals surface area (Å²) in [7, 11) is 0. The second kappa shape index (κ2) is 4.18. The van der Waals surface area contributed by atoms with E-state index < -0.39 is 0 Å². The van der Waals surface area contributed by atoms with Crippen molar-refractivity contribution in [3.8, 4) is 0 Å². The molecule has 1 aliphatic heterocycles. The molecule has 17 heavy (non-hydrogen) atoms. The van der Waals surface area contributed by atoms with E-state index in [2.05, 4.69) is 14.6 Å². The first-order valence-electron chi connectivity index (χ1n) is 6.06. The Hall–Kier alpha value is -1.30. The average molecular weight is 252 g/mol. The largest absolute Gasteiger partial charge is 0.382 e. The number of amides is 1. The molecule has 0 spiro atoms. The summed E-state index contributed by atoms with van der Waals surface area (Å²) in [5, 5.41) is 3.92. The summed E-state index contributed by atoms with van der Waals surface area (Å²) in [5.74, 6) is 0.315. The SMILES string of the molecule is Nc1nsc(N2CCCC2)c1C(=O)NC1CC1. The Morgan fingerprint density at radius 3 is 2.76 bits per heavy atom. The Morgan fingerprint density at radius 1 is 1.41 bits per heavy atom. The lowest BCUT2D eigenvalue weighted by Crippen LogP contribution is -2.28. The molecule has 5 nitrogen and oxygen atoms in total. The number of aromatic nitrogens is 1. The first-order valence-corrected chi connectivity index (χ1v) is 6.84. The average Bonchev–Trinajstić information content (AvgIpc) is 2.82. The fourth-order valence-corrected chi connectivity index (χ4v) is 2.99. The molecule has 3 N–H and O–H groups in total. The van der Waals surface area contributed by atoms with Crippen LogP contribution in [0.5, 0.6) is 0 Å². The molecule has 1 aromatic heterocycles. The summed E-state index contributed by atoms with van der Waals surface area (Å²) in [6, 6.07) is 0.355. The predicted octanol–water partition coefficient (Wildman–Crippen LogP) is 1.22. The highest BCUT2D eigenvalue weighted by molar-refractivity contribution is 7.11. The van der Waals surface area contributed by atoms with Crippen molar-refractivity contribution >= 4 is 28.3 Å². The molecule has 1 saturated heterocycles. The zero-order valence-electron chi connectivity index (χ0n) is 9.61. The zero-order valence-corrected chi connectivity index (χ0v) is 10.4. The van der Waals surface area contributed by atoms with Gasteiger partial charge in [-0.05, 0) is 37.2 Å². The number of carbonyl (C=O) groups excluding carboxylic acids is 1. The molecule has 0 radical (unpaired) electrons. The van der Waals surface area contributed by atoms with E-state index >= 15 is 0 Å². The first-order chi connectivity index (χ1) is 8.25. The van der Waals surface area contributed by atoms with Crippen LogP contribution in [-0.4, -0.2) is 29.4 Å². The molecule has 0 aromatic carbocycles. The molecule has 0 unspecified atom stereocenters. The first kappa shape index (κ1) is 10.8. The molecule has 0 bridgehead atoms. The fourth-order valence-electron chi connectivity index (χ4n) is 2.13. The maximum Gasteiger partial charge on any atom is 0.258 e. The van der Waals surface area contributed by atoms with Crippen LogP contribution in [0.3, 0.4) is 0 Å². The maximum absolute atomic E-state index is 12.1. The van der Waals surface area contributed by atoms with Crippen molar-refractivity contribution in [3.63, 3.8) is 0 Å². The van der Waals surface area contributed by atoms with E-state index in [9.17, 15) is 4.79 Å². The molecular weight excluding hydrogens is 236 g/mol. The number of anilines is 2. The molecule has 6 heteroatoms. The second-order valence-electron chi connectivity index (χ2n) is 4.69. The highest BCUT2D eigenvalue weighted by Gasteiger charge is 2.29. The van der Waals surface area contributed by atoms with Crippen molar-refractivity contribution in [1.29, 1.82) is 0 Å². The second-order valence-corrected chi connectivity index (χ2v) is 5.44. The number of nitrogen functional groups attached to an aromatic ring is 1. The van der Waals surface area contributed by atoms with Crippen molar-refractivity contribution < 1.29 is 4.79 Å². The van der Waals surface area contributed by atoms with E-state index in [0.29, 0.717) is 17.4 Å².